The number of hydrogen-bond donors (Lipinski definition) is 1. The molecule has 3 heteroatoms. The molecule has 0 bridgehead atoms. The van der Waals surface area contributed by atoms with E-state index < -0.39 is 0 Å². The quantitative estimate of drug-likeness (QED) is 0.772. The largest absolute Gasteiger partial charge is 0.384 e. The lowest BCUT2D eigenvalue weighted by Crippen LogP contribution is -1.91. The van der Waals surface area contributed by atoms with Crippen LogP contribution in [0.2, 0.25) is 0 Å². The average Bonchev–Trinajstić information content (AvgIpc) is 2.24. The van der Waals surface area contributed by atoms with Crippen molar-refractivity contribution in [3.05, 3.63) is 47.9 Å². The molecule has 0 fully saturated rings. The monoisotopic (exact) mass is 202 g/mol. The minimum absolute atomic E-state index is 0.204. The minimum Gasteiger partial charge on any atom is -0.384 e. The number of nitrogens with two attached hydrogens (primary N) is 1. The molecule has 2 nitrogen and oxygen atoms in total. The van der Waals surface area contributed by atoms with Gasteiger partial charge in [-0.1, -0.05) is 12.1 Å². The van der Waals surface area contributed by atoms with Crippen LogP contribution in [0.5, 0.6) is 0 Å². The van der Waals surface area contributed by atoms with Gasteiger partial charge in [-0.2, -0.15) is 0 Å². The van der Waals surface area contributed by atoms with Crippen LogP contribution in [0.3, 0.4) is 0 Å². The molecule has 1 aromatic heterocycles. The van der Waals surface area contributed by atoms with E-state index in [2.05, 4.69) is 4.98 Å². The molecule has 0 amide bonds. The highest BCUT2D eigenvalue weighted by Crippen LogP contribution is 2.24. The highest BCUT2D eigenvalue weighted by molar-refractivity contribution is 5.67. The zero-order chi connectivity index (χ0) is 10.8. The van der Waals surface area contributed by atoms with Crippen molar-refractivity contribution < 1.29 is 4.39 Å². The number of hydrogen-bond acceptors (Lipinski definition) is 2. The zero-order valence-corrected chi connectivity index (χ0v) is 8.37. The molecule has 0 aliphatic heterocycles. The van der Waals surface area contributed by atoms with Crippen molar-refractivity contribution >= 4 is 5.82 Å². The Labute approximate surface area is 87.6 Å². The number of benzene rings is 1. The van der Waals surface area contributed by atoms with E-state index in [-0.39, 0.29) is 5.82 Å². The van der Waals surface area contributed by atoms with Crippen LogP contribution in [-0.2, 0) is 0 Å². The predicted molar refractivity (Wildman–Crippen MR) is 58.8 cm³/mol. The Balaban J connectivity index is 2.54. The maximum absolute atomic E-state index is 13.3. The van der Waals surface area contributed by atoms with Gasteiger partial charge in [0.1, 0.15) is 11.6 Å². The van der Waals surface area contributed by atoms with E-state index in [1.165, 1.54) is 6.07 Å². The standard InChI is InChI=1S/C12H11FN2/c1-8-10(3-2-4-11(8)13)9-5-6-12(14)15-7-9/h2-7H,1H3,(H2,14,15). The molecule has 0 aliphatic carbocycles. The van der Waals surface area contributed by atoms with Gasteiger partial charge >= 0.3 is 0 Å². The van der Waals surface area contributed by atoms with Crippen molar-refractivity contribution in [2.75, 3.05) is 5.73 Å². The molecular formula is C12H11FN2. The molecule has 0 spiro atoms. The molecule has 0 unspecified atom stereocenters. The second kappa shape index (κ2) is 3.69. The van der Waals surface area contributed by atoms with Crippen molar-refractivity contribution in [3.63, 3.8) is 0 Å². The van der Waals surface area contributed by atoms with Crippen LogP contribution >= 0.6 is 0 Å². The van der Waals surface area contributed by atoms with E-state index in [0.29, 0.717) is 11.4 Å². The van der Waals surface area contributed by atoms with Gasteiger partial charge in [0.15, 0.2) is 0 Å². The van der Waals surface area contributed by atoms with Gasteiger partial charge in [-0.25, -0.2) is 9.37 Å². The van der Waals surface area contributed by atoms with Gasteiger partial charge < -0.3 is 5.73 Å². The number of anilines is 1. The average molecular weight is 202 g/mol. The Kier molecular flexibility index (Phi) is 2.37. The molecule has 0 atom stereocenters. The fourth-order valence-corrected chi connectivity index (χ4v) is 1.48. The third kappa shape index (κ3) is 1.81. The molecule has 0 radical (unpaired) electrons. The fourth-order valence-electron chi connectivity index (χ4n) is 1.48. The highest BCUT2D eigenvalue weighted by atomic mass is 19.1. The van der Waals surface area contributed by atoms with Crippen LogP contribution in [0.15, 0.2) is 36.5 Å². The van der Waals surface area contributed by atoms with Crippen LogP contribution in [0.25, 0.3) is 11.1 Å². The maximum atomic E-state index is 13.3. The molecule has 0 saturated carbocycles. The molecule has 2 N–H and O–H groups in total. The minimum atomic E-state index is -0.204. The van der Waals surface area contributed by atoms with Crippen LogP contribution in [0, 0.1) is 12.7 Å². The first-order chi connectivity index (χ1) is 7.18. The van der Waals surface area contributed by atoms with E-state index in [1.54, 1.807) is 25.3 Å². The van der Waals surface area contributed by atoms with E-state index >= 15 is 0 Å². The lowest BCUT2D eigenvalue weighted by molar-refractivity contribution is 0.619. The third-order valence-electron chi connectivity index (χ3n) is 2.37. The summed E-state index contributed by atoms with van der Waals surface area (Å²) in [5.74, 6) is 0.261. The van der Waals surface area contributed by atoms with Gasteiger partial charge in [0.05, 0.1) is 0 Å². The topological polar surface area (TPSA) is 38.9 Å². The number of nitrogens with zero attached hydrogens (tertiary/aromatic N) is 1. The van der Waals surface area contributed by atoms with E-state index in [1.807, 2.05) is 12.1 Å². The van der Waals surface area contributed by atoms with Crippen LogP contribution < -0.4 is 5.73 Å². The van der Waals surface area contributed by atoms with E-state index in [4.69, 9.17) is 5.73 Å². The molecule has 0 saturated heterocycles. The van der Waals surface area contributed by atoms with Crippen molar-refractivity contribution in [1.29, 1.82) is 0 Å². The van der Waals surface area contributed by atoms with Gasteiger partial charge in [0.25, 0.3) is 0 Å². The van der Waals surface area contributed by atoms with Gasteiger partial charge in [0, 0.05) is 11.8 Å². The second-order valence-corrected chi connectivity index (χ2v) is 3.38. The Bertz CT molecular complexity index is 477. The van der Waals surface area contributed by atoms with Crippen molar-refractivity contribution in [2.45, 2.75) is 6.92 Å². The van der Waals surface area contributed by atoms with Gasteiger partial charge in [-0.15, -0.1) is 0 Å². The van der Waals surface area contributed by atoms with Gasteiger partial charge in [0.2, 0.25) is 0 Å². The summed E-state index contributed by atoms with van der Waals surface area (Å²) in [5.41, 5.74) is 7.84. The summed E-state index contributed by atoms with van der Waals surface area (Å²) < 4.78 is 13.3. The maximum Gasteiger partial charge on any atom is 0.126 e. The van der Waals surface area contributed by atoms with Crippen LogP contribution in [0.1, 0.15) is 5.56 Å². The normalized spacial score (nSPS) is 10.3. The Morgan fingerprint density at radius 2 is 2.00 bits per heavy atom. The van der Waals surface area contributed by atoms with Gasteiger partial charge in [-0.3, -0.25) is 0 Å². The van der Waals surface area contributed by atoms with Crippen molar-refractivity contribution in [2.24, 2.45) is 0 Å². The Hall–Kier alpha value is -1.90. The lowest BCUT2D eigenvalue weighted by atomic mass is 10.0. The first-order valence-electron chi connectivity index (χ1n) is 4.65. The summed E-state index contributed by atoms with van der Waals surface area (Å²) in [6, 6.07) is 8.55. The highest BCUT2D eigenvalue weighted by Gasteiger charge is 2.05. The van der Waals surface area contributed by atoms with Crippen molar-refractivity contribution in [3.8, 4) is 11.1 Å². The van der Waals surface area contributed by atoms with Crippen LogP contribution in [-0.4, -0.2) is 4.98 Å². The van der Waals surface area contributed by atoms with E-state index in [9.17, 15) is 4.39 Å². The molecule has 15 heavy (non-hydrogen) atoms. The first-order valence-corrected chi connectivity index (χ1v) is 4.65. The first kappa shape index (κ1) is 9.65. The lowest BCUT2D eigenvalue weighted by Gasteiger charge is -2.06. The summed E-state index contributed by atoms with van der Waals surface area (Å²) >= 11 is 0. The van der Waals surface area contributed by atoms with E-state index in [0.717, 1.165) is 11.1 Å². The number of halogens is 1. The number of pyridine rings is 1. The fraction of sp³-hybridized carbons (Fsp3) is 0.0833. The third-order valence-corrected chi connectivity index (χ3v) is 2.37. The SMILES string of the molecule is Cc1c(F)cccc1-c1ccc(N)nc1. The Morgan fingerprint density at radius 3 is 2.67 bits per heavy atom. The summed E-state index contributed by atoms with van der Waals surface area (Å²) in [6.45, 7) is 1.75. The zero-order valence-electron chi connectivity index (χ0n) is 8.37. The summed E-state index contributed by atoms with van der Waals surface area (Å²) in [6.07, 6.45) is 1.65. The predicted octanol–water partition coefficient (Wildman–Crippen LogP) is 2.78. The number of nitrogen functional groups attached to an aromatic ring is 1. The molecule has 1 aromatic carbocycles. The van der Waals surface area contributed by atoms with Gasteiger partial charge in [-0.05, 0) is 36.2 Å². The Morgan fingerprint density at radius 1 is 1.20 bits per heavy atom. The number of aromatic nitrogens is 1. The molecular weight excluding hydrogens is 191 g/mol. The second-order valence-electron chi connectivity index (χ2n) is 3.38. The van der Waals surface area contributed by atoms with Crippen molar-refractivity contribution in [1.82, 2.24) is 4.98 Å². The summed E-state index contributed by atoms with van der Waals surface area (Å²) in [5, 5.41) is 0. The molecule has 1 heterocycles. The molecule has 76 valence electrons. The number of rotatable bonds is 1. The summed E-state index contributed by atoms with van der Waals surface area (Å²) in [7, 11) is 0. The molecule has 2 aromatic rings. The molecule has 2 rings (SSSR count). The smallest absolute Gasteiger partial charge is 0.126 e. The van der Waals surface area contributed by atoms with Crippen LogP contribution in [0.4, 0.5) is 10.2 Å². The summed E-state index contributed by atoms with van der Waals surface area (Å²) in [4.78, 5) is 3.98. The molecule has 0 aliphatic rings.